The van der Waals surface area contributed by atoms with Crippen molar-refractivity contribution in [2.24, 2.45) is 0 Å². The molecule has 0 radical (unpaired) electrons. The van der Waals surface area contributed by atoms with E-state index in [-0.39, 0.29) is 17.5 Å². The molecule has 0 saturated carbocycles. The fraction of sp³-hybridized carbons (Fsp3) is 0.231. The highest BCUT2D eigenvalue weighted by Crippen LogP contribution is 2.28. The van der Waals surface area contributed by atoms with E-state index in [0.29, 0.717) is 24.7 Å². The molecule has 0 aliphatic carbocycles. The number of tetrazole rings is 1. The number of ether oxygens (including phenoxy) is 2. The second-order valence-electron chi connectivity index (χ2n) is 4.47. The normalized spacial score (nSPS) is 15.0. The number of nitrogens with zero attached hydrogens (tertiary/aromatic N) is 4. The van der Waals surface area contributed by atoms with Crippen LogP contribution < -0.4 is 10.1 Å². The van der Waals surface area contributed by atoms with Gasteiger partial charge in [0.2, 0.25) is 5.82 Å². The number of allylic oxidation sites excluding steroid dienone is 1. The van der Waals surface area contributed by atoms with Crippen LogP contribution in [-0.2, 0) is 4.74 Å². The summed E-state index contributed by atoms with van der Waals surface area (Å²) in [7, 11) is 0. The highest BCUT2D eigenvalue weighted by molar-refractivity contribution is 5.74. The van der Waals surface area contributed by atoms with Crippen LogP contribution in [0.2, 0.25) is 0 Å². The zero-order chi connectivity index (χ0) is 15.4. The van der Waals surface area contributed by atoms with Crippen LogP contribution in [-0.4, -0.2) is 39.9 Å². The number of anilines is 1. The molecule has 8 nitrogen and oxygen atoms in total. The summed E-state index contributed by atoms with van der Waals surface area (Å²) in [6.07, 6.45) is 1.31. The molecule has 2 N–H and O–H groups in total. The monoisotopic (exact) mass is 302 g/mol. The van der Waals surface area contributed by atoms with E-state index in [2.05, 4.69) is 25.9 Å². The number of benzene rings is 1. The Kier molecular flexibility index (Phi) is 3.93. The number of nitriles is 1. The van der Waals surface area contributed by atoms with Gasteiger partial charge in [-0.25, -0.2) is 4.39 Å². The lowest BCUT2D eigenvalue weighted by Gasteiger charge is -2.27. The number of H-pyrrole nitrogens is 1. The third-order valence-electron chi connectivity index (χ3n) is 2.92. The quantitative estimate of drug-likeness (QED) is 0.796. The van der Waals surface area contributed by atoms with Crippen LogP contribution in [0.1, 0.15) is 5.82 Å². The zero-order valence-corrected chi connectivity index (χ0v) is 11.3. The molecular formula is C13H11FN6O2. The molecule has 2 heterocycles. The zero-order valence-electron chi connectivity index (χ0n) is 11.3. The summed E-state index contributed by atoms with van der Waals surface area (Å²) < 4.78 is 24.1. The first-order valence-corrected chi connectivity index (χ1v) is 6.41. The molecule has 1 aliphatic heterocycles. The Morgan fingerprint density at radius 3 is 3.05 bits per heavy atom. The molecule has 3 rings (SSSR count). The molecule has 0 spiro atoms. The van der Waals surface area contributed by atoms with Crippen LogP contribution in [0.5, 0.6) is 5.75 Å². The van der Waals surface area contributed by atoms with Gasteiger partial charge in [-0.2, -0.15) is 10.5 Å². The van der Waals surface area contributed by atoms with E-state index >= 15 is 0 Å². The molecule has 22 heavy (non-hydrogen) atoms. The lowest BCUT2D eigenvalue weighted by molar-refractivity contribution is -0.0794. The molecule has 0 atom stereocenters. The first-order valence-electron chi connectivity index (χ1n) is 6.41. The molecule has 0 amide bonds. The third kappa shape index (κ3) is 3.02. The van der Waals surface area contributed by atoms with Crippen LogP contribution in [0, 0.1) is 17.1 Å². The Morgan fingerprint density at radius 1 is 1.55 bits per heavy atom. The van der Waals surface area contributed by atoms with E-state index in [4.69, 9.17) is 14.7 Å². The molecule has 0 unspecified atom stereocenters. The number of aromatic nitrogens is 4. The first-order chi connectivity index (χ1) is 10.8. The molecule has 1 aromatic carbocycles. The van der Waals surface area contributed by atoms with Gasteiger partial charge < -0.3 is 14.8 Å². The van der Waals surface area contributed by atoms with Gasteiger partial charge in [-0.3, -0.25) is 0 Å². The topological polar surface area (TPSA) is 109 Å². The molecule has 1 saturated heterocycles. The van der Waals surface area contributed by atoms with Crippen molar-refractivity contribution in [3.05, 3.63) is 36.0 Å². The molecule has 2 aromatic rings. The number of hydrogen-bond acceptors (Lipinski definition) is 7. The summed E-state index contributed by atoms with van der Waals surface area (Å²) in [5.41, 5.74) is 0.541. The lowest BCUT2D eigenvalue weighted by atomic mass is 10.2. The predicted molar refractivity (Wildman–Crippen MR) is 73.0 cm³/mol. The van der Waals surface area contributed by atoms with Gasteiger partial charge in [0.25, 0.3) is 0 Å². The second kappa shape index (κ2) is 6.19. The average Bonchev–Trinajstić information content (AvgIpc) is 2.99. The van der Waals surface area contributed by atoms with Gasteiger partial charge >= 0.3 is 0 Å². The maximum absolute atomic E-state index is 13.4. The Bertz CT molecular complexity index is 721. The van der Waals surface area contributed by atoms with Gasteiger partial charge in [0.05, 0.1) is 18.9 Å². The minimum absolute atomic E-state index is 0.0531. The van der Waals surface area contributed by atoms with Crippen molar-refractivity contribution in [1.29, 1.82) is 5.26 Å². The van der Waals surface area contributed by atoms with Crippen LogP contribution in [0.15, 0.2) is 24.4 Å². The van der Waals surface area contributed by atoms with Gasteiger partial charge in [-0.15, -0.1) is 10.2 Å². The minimum atomic E-state index is -0.425. The maximum atomic E-state index is 13.4. The number of halogens is 1. The van der Waals surface area contributed by atoms with E-state index in [0.717, 1.165) is 0 Å². The Morgan fingerprint density at radius 2 is 2.41 bits per heavy atom. The summed E-state index contributed by atoms with van der Waals surface area (Å²) in [5, 5.41) is 25.0. The first kappa shape index (κ1) is 14.0. The van der Waals surface area contributed by atoms with Gasteiger partial charge in [0.1, 0.15) is 29.3 Å². The smallest absolute Gasteiger partial charge is 0.216 e. The fourth-order valence-corrected chi connectivity index (χ4v) is 1.75. The van der Waals surface area contributed by atoms with Crippen molar-refractivity contribution >= 4 is 11.3 Å². The highest BCUT2D eigenvalue weighted by atomic mass is 19.1. The second-order valence-corrected chi connectivity index (χ2v) is 4.47. The molecule has 0 bridgehead atoms. The molecular weight excluding hydrogens is 291 g/mol. The SMILES string of the molecule is N#CC(=CNc1cc(F)ccc1OC1COC1)c1nn[nH]n1. The van der Waals surface area contributed by atoms with Crippen molar-refractivity contribution in [3.63, 3.8) is 0 Å². The van der Waals surface area contributed by atoms with Crippen LogP contribution in [0.3, 0.4) is 0 Å². The molecule has 1 fully saturated rings. The van der Waals surface area contributed by atoms with E-state index in [1.54, 1.807) is 0 Å². The van der Waals surface area contributed by atoms with E-state index < -0.39 is 5.82 Å². The summed E-state index contributed by atoms with van der Waals surface area (Å²) in [6.45, 7) is 0.998. The summed E-state index contributed by atoms with van der Waals surface area (Å²) >= 11 is 0. The van der Waals surface area contributed by atoms with E-state index in [1.165, 1.54) is 24.4 Å². The van der Waals surface area contributed by atoms with E-state index in [9.17, 15) is 4.39 Å². The summed E-state index contributed by atoms with van der Waals surface area (Å²) in [4.78, 5) is 0. The van der Waals surface area contributed by atoms with E-state index in [1.807, 2.05) is 6.07 Å². The van der Waals surface area contributed by atoms with Crippen molar-refractivity contribution in [2.75, 3.05) is 18.5 Å². The Labute approximate surface area is 124 Å². The molecule has 9 heteroatoms. The van der Waals surface area contributed by atoms with Crippen LogP contribution >= 0.6 is 0 Å². The molecule has 1 aliphatic rings. The Balaban J connectivity index is 1.81. The Hall–Kier alpha value is -2.99. The van der Waals surface area contributed by atoms with Crippen molar-refractivity contribution in [1.82, 2.24) is 20.6 Å². The predicted octanol–water partition coefficient (Wildman–Crippen LogP) is 1.09. The largest absolute Gasteiger partial charge is 0.483 e. The maximum Gasteiger partial charge on any atom is 0.216 e. The number of aromatic amines is 1. The van der Waals surface area contributed by atoms with Crippen LogP contribution in [0.4, 0.5) is 10.1 Å². The summed E-state index contributed by atoms with van der Waals surface area (Å²) in [6, 6.07) is 6.02. The lowest BCUT2D eigenvalue weighted by Crippen LogP contribution is -2.38. The van der Waals surface area contributed by atoms with Gasteiger partial charge in [-0.1, -0.05) is 0 Å². The van der Waals surface area contributed by atoms with Gasteiger partial charge in [0.15, 0.2) is 0 Å². The standard InChI is InChI=1S/C13H11FN6O2/c14-9-1-2-12(22-10-6-21-7-10)11(3-9)16-5-8(4-15)13-17-19-20-18-13/h1-3,5,10,16H,6-7H2,(H,17,18,19,20). The van der Waals surface area contributed by atoms with Crippen molar-refractivity contribution < 1.29 is 13.9 Å². The minimum Gasteiger partial charge on any atom is -0.483 e. The number of nitrogens with one attached hydrogen (secondary N) is 2. The van der Waals surface area contributed by atoms with Crippen LogP contribution in [0.25, 0.3) is 5.57 Å². The molecule has 112 valence electrons. The van der Waals surface area contributed by atoms with Crippen molar-refractivity contribution in [2.45, 2.75) is 6.10 Å². The van der Waals surface area contributed by atoms with Gasteiger partial charge in [-0.05, 0) is 17.3 Å². The van der Waals surface area contributed by atoms with Crippen molar-refractivity contribution in [3.8, 4) is 11.8 Å². The highest BCUT2D eigenvalue weighted by Gasteiger charge is 2.21. The summed E-state index contributed by atoms with van der Waals surface area (Å²) in [5.74, 6) is 0.184. The average molecular weight is 302 g/mol. The third-order valence-corrected chi connectivity index (χ3v) is 2.92. The molecule has 1 aromatic heterocycles. The number of hydrogen-bond donors (Lipinski definition) is 2. The van der Waals surface area contributed by atoms with Gasteiger partial charge in [0, 0.05) is 12.3 Å². The number of rotatable bonds is 5. The fourth-order valence-electron chi connectivity index (χ4n) is 1.75.